The van der Waals surface area contributed by atoms with Crippen molar-refractivity contribution >= 4 is 21.6 Å². The van der Waals surface area contributed by atoms with Crippen molar-refractivity contribution in [1.82, 2.24) is 4.31 Å². The van der Waals surface area contributed by atoms with E-state index < -0.39 is 22.0 Å². The molecule has 2 aromatic carbocycles. The highest BCUT2D eigenvalue weighted by molar-refractivity contribution is 7.89. The molecule has 1 aliphatic rings. The van der Waals surface area contributed by atoms with Crippen molar-refractivity contribution in [2.75, 3.05) is 32.6 Å². The lowest BCUT2D eigenvalue weighted by Gasteiger charge is -2.19. The Morgan fingerprint density at radius 2 is 1.63 bits per heavy atom. The monoisotopic (exact) mass is 434 g/mol. The molecular weight excluding hydrogens is 408 g/mol. The first kappa shape index (κ1) is 21.9. The first-order valence-corrected chi connectivity index (χ1v) is 11.1. The number of hydrogen-bond donors (Lipinski definition) is 1. The minimum atomic E-state index is -3.61. The van der Waals surface area contributed by atoms with Gasteiger partial charge in [0.2, 0.25) is 10.0 Å². The normalized spacial score (nSPS) is 15.4. The van der Waals surface area contributed by atoms with Crippen molar-refractivity contribution in [3.8, 4) is 17.2 Å². The quantitative estimate of drug-likeness (QED) is 0.687. The van der Waals surface area contributed by atoms with E-state index in [-0.39, 0.29) is 10.6 Å². The maximum absolute atomic E-state index is 12.8. The molecule has 1 N–H and O–H groups in total. The Labute approximate surface area is 176 Å². The van der Waals surface area contributed by atoms with Gasteiger partial charge in [0.05, 0.1) is 24.8 Å². The average Bonchev–Trinajstić information content (AvgIpc) is 3.30. The van der Waals surface area contributed by atoms with Gasteiger partial charge in [-0.15, -0.1) is 0 Å². The Bertz CT molecular complexity index is 985. The van der Waals surface area contributed by atoms with Gasteiger partial charge in [0.1, 0.15) is 17.2 Å². The highest BCUT2D eigenvalue weighted by Gasteiger charge is 2.28. The molecule has 0 saturated carbocycles. The number of rotatable bonds is 8. The number of sulfonamides is 1. The summed E-state index contributed by atoms with van der Waals surface area (Å²) in [5.41, 5.74) is 0.271. The summed E-state index contributed by atoms with van der Waals surface area (Å²) in [5.74, 6) is 1.12. The van der Waals surface area contributed by atoms with E-state index in [1.54, 1.807) is 38.3 Å². The highest BCUT2D eigenvalue weighted by Crippen LogP contribution is 2.30. The van der Waals surface area contributed by atoms with Gasteiger partial charge in [0, 0.05) is 13.1 Å². The van der Waals surface area contributed by atoms with E-state index in [1.807, 2.05) is 0 Å². The van der Waals surface area contributed by atoms with Crippen LogP contribution in [-0.2, 0) is 14.8 Å². The molecule has 2 aromatic rings. The van der Waals surface area contributed by atoms with Gasteiger partial charge in [0.15, 0.2) is 6.10 Å². The van der Waals surface area contributed by atoms with Gasteiger partial charge < -0.3 is 19.5 Å². The van der Waals surface area contributed by atoms with Crippen molar-refractivity contribution in [3.63, 3.8) is 0 Å². The first-order chi connectivity index (χ1) is 14.3. The predicted octanol–water partition coefficient (Wildman–Crippen LogP) is 2.89. The fraction of sp³-hybridized carbons (Fsp3) is 0.381. The molecule has 0 aromatic heterocycles. The van der Waals surface area contributed by atoms with Crippen molar-refractivity contribution in [3.05, 3.63) is 42.5 Å². The molecule has 1 fully saturated rings. The van der Waals surface area contributed by atoms with Gasteiger partial charge in [-0.3, -0.25) is 4.79 Å². The summed E-state index contributed by atoms with van der Waals surface area (Å²) in [4.78, 5) is 12.8. The maximum Gasteiger partial charge on any atom is 0.265 e. The van der Waals surface area contributed by atoms with Gasteiger partial charge in [-0.1, -0.05) is 0 Å². The third-order valence-corrected chi connectivity index (χ3v) is 6.77. The summed E-state index contributed by atoms with van der Waals surface area (Å²) in [7, 11) is -0.592. The van der Waals surface area contributed by atoms with E-state index in [9.17, 15) is 13.2 Å². The van der Waals surface area contributed by atoms with Crippen molar-refractivity contribution in [1.29, 1.82) is 0 Å². The van der Waals surface area contributed by atoms with Gasteiger partial charge in [-0.25, -0.2) is 8.42 Å². The number of amides is 1. The average molecular weight is 435 g/mol. The van der Waals surface area contributed by atoms with Crippen molar-refractivity contribution in [2.45, 2.75) is 30.8 Å². The van der Waals surface area contributed by atoms with E-state index in [4.69, 9.17) is 14.2 Å². The molecule has 3 rings (SSSR count). The summed E-state index contributed by atoms with van der Waals surface area (Å²) in [5, 5.41) is 2.71. The standard InChI is InChI=1S/C21H26N2O6S/c1-15(29-17-8-6-16(27-2)7-9-17)21(24)22-19-14-18(10-11-20(19)28-3)30(25,26)23-12-4-5-13-23/h6-11,14-15H,4-5,12-13H2,1-3H3,(H,22,24)/t15-/m1/s1. The molecule has 162 valence electrons. The lowest BCUT2D eigenvalue weighted by molar-refractivity contribution is -0.122. The zero-order valence-electron chi connectivity index (χ0n) is 17.3. The number of ether oxygens (including phenoxy) is 3. The number of nitrogens with one attached hydrogen (secondary N) is 1. The SMILES string of the molecule is COc1ccc(O[C@H](C)C(=O)Nc2cc(S(=O)(=O)N3CCCC3)ccc2OC)cc1. The predicted molar refractivity (Wildman–Crippen MR) is 113 cm³/mol. The fourth-order valence-corrected chi connectivity index (χ4v) is 4.71. The second-order valence-corrected chi connectivity index (χ2v) is 8.84. The number of nitrogens with zero attached hydrogens (tertiary/aromatic N) is 1. The molecule has 1 saturated heterocycles. The Morgan fingerprint density at radius 1 is 1.00 bits per heavy atom. The zero-order valence-corrected chi connectivity index (χ0v) is 18.1. The highest BCUT2D eigenvalue weighted by atomic mass is 32.2. The summed E-state index contributed by atoms with van der Waals surface area (Å²) in [6, 6.07) is 11.3. The minimum absolute atomic E-state index is 0.115. The number of anilines is 1. The van der Waals surface area contributed by atoms with E-state index in [0.29, 0.717) is 30.3 Å². The fourth-order valence-electron chi connectivity index (χ4n) is 3.17. The van der Waals surface area contributed by atoms with Crippen LogP contribution in [0.15, 0.2) is 47.4 Å². The summed E-state index contributed by atoms with van der Waals surface area (Å²) in [6.07, 6.45) is 0.875. The van der Waals surface area contributed by atoms with Crippen LogP contribution >= 0.6 is 0 Å². The smallest absolute Gasteiger partial charge is 0.265 e. The van der Waals surface area contributed by atoms with Crippen LogP contribution in [0, 0.1) is 0 Å². The third-order valence-electron chi connectivity index (χ3n) is 4.87. The van der Waals surface area contributed by atoms with E-state index in [2.05, 4.69) is 5.32 Å². The van der Waals surface area contributed by atoms with Crippen LogP contribution in [0.1, 0.15) is 19.8 Å². The van der Waals surface area contributed by atoms with Crippen LogP contribution in [0.25, 0.3) is 0 Å². The van der Waals surface area contributed by atoms with Crippen LogP contribution in [-0.4, -0.2) is 52.0 Å². The second kappa shape index (κ2) is 9.36. The third kappa shape index (κ3) is 4.85. The molecule has 0 radical (unpaired) electrons. The van der Waals surface area contributed by atoms with Gasteiger partial charge in [0.25, 0.3) is 5.91 Å². The molecular formula is C21H26N2O6S. The molecule has 0 bridgehead atoms. The number of benzene rings is 2. The number of carbonyl (C=O) groups is 1. The summed E-state index contributed by atoms with van der Waals surface area (Å²) in [6.45, 7) is 2.61. The maximum atomic E-state index is 12.8. The van der Waals surface area contributed by atoms with Crippen LogP contribution in [0.2, 0.25) is 0 Å². The zero-order chi connectivity index (χ0) is 21.7. The molecule has 1 amide bonds. The number of methoxy groups -OCH3 is 2. The van der Waals surface area contributed by atoms with Crippen molar-refractivity contribution < 1.29 is 27.4 Å². The molecule has 8 nitrogen and oxygen atoms in total. The topological polar surface area (TPSA) is 94.2 Å². The van der Waals surface area contributed by atoms with E-state index in [0.717, 1.165) is 12.8 Å². The number of carbonyl (C=O) groups excluding carboxylic acids is 1. The summed E-state index contributed by atoms with van der Waals surface area (Å²) >= 11 is 0. The number of hydrogen-bond acceptors (Lipinski definition) is 6. The van der Waals surface area contributed by atoms with Gasteiger partial charge >= 0.3 is 0 Å². The second-order valence-electron chi connectivity index (χ2n) is 6.90. The molecule has 1 aliphatic heterocycles. The Hall–Kier alpha value is -2.78. The lowest BCUT2D eigenvalue weighted by Crippen LogP contribution is -2.31. The Morgan fingerprint density at radius 3 is 2.23 bits per heavy atom. The molecule has 1 heterocycles. The molecule has 0 aliphatic carbocycles. The van der Waals surface area contributed by atoms with Crippen molar-refractivity contribution in [2.24, 2.45) is 0 Å². The first-order valence-electron chi connectivity index (χ1n) is 9.65. The van der Waals surface area contributed by atoms with Crippen LogP contribution < -0.4 is 19.5 Å². The molecule has 0 unspecified atom stereocenters. The summed E-state index contributed by atoms with van der Waals surface area (Å²) < 4.78 is 43.2. The Balaban J connectivity index is 1.75. The van der Waals surface area contributed by atoms with Crippen LogP contribution in [0.3, 0.4) is 0 Å². The molecule has 9 heteroatoms. The van der Waals surface area contributed by atoms with Gasteiger partial charge in [-0.05, 0) is 62.2 Å². The minimum Gasteiger partial charge on any atom is -0.497 e. The molecule has 30 heavy (non-hydrogen) atoms. The largest absolute Gasteiger partial charge is 0.497 e. The molecule has 1 atom stereocenters. The van der Waals surface area contributed by atoms with Crippen LogP contribution in [0.5, 0.6) is 17.2 Å². The van der Waals surface area contributed by atoms with Gasteiger partial charge in [-0.2, -0.15) is 4.31 Å². The van der Waals surface area contributed by atoms with Crippen LogP contribution in [0.4, 0.5) is 5.69 Å². The molecule has 0 spiro atoms. The van der Waals surface area contributed by atoms with E-state index >= 15 is 0 Å². The Kier molecular flexibility index (Phi) is 6.84. The lowest BCUT2D eigenvalue weighted by atomic mass is 10.2. The van der Waals surface area contributed by atoms with E-state index in [1.165, 1.54) is 29.6 Å².